The molecule has 0 radical (unpaired) electrons. The van der Waals surface area contributed by atoms with Crippen LogP contribution in [-0.4, -0.2) is 34.1 Å². The van der Waals surface area contributed by atoms with Crippen LogP contribution in [0.25, 0.3) is 0 Å². The lowest BCUT2D eigenvalue weighted by Crippen LogP contribution is -2.32. The molecule has 0 aliphatic carbocycles. The molecule has 0 saturated carbocycles. The number of piperidine rings is 1. The number of benzene rings is 2. The Kier molecular flexibility index (Phi) is 6.24. The maximum atomic E-state index is 12.6. The van der Waals surface area contributed by atoms with E-state index in [1.54, 1.807) is 19.1 Å². The number of hydrogen-bond acceptors (Lipinski definition) is 5. The van der Waals surface area contributed by atoms with E-state index >= 15 is 0 Å². The van der Waals surface area contributed by atoms with Gasteiger partial charge in [0.05, 0.1) is 17.1 Å². The van der Waals surface area contributed by atoms with Crippen LogP contribution in [0.2, 0.25) is 0 Å². The average molecular weight is 403 g/mol. The van der Waals surface area contributed by atoms with Crippen LogP contribution in [0.15, 0.2) is 53.4 Å². The monoisotopic (exact) mass is 402 g/mol. The van der Waals surface area contributed by atoms with Crippen LogP contribution >= 0.6 is 0 Å². The van der Waals surface area contributed by atoms with Crippen molar-refractivity contribution >= 4 is 27.4 Å². The number of esters is 1. The van der Waals surface area contributed by atoms with Gasteiger partial charge in [0.1, 0.15) is 0 Å². The van der Waals surface area contributed by atoms with E-state index in [4.69, 9.17) is 4.74 Å². The van der Waals surface area contributed by atoms with E-state index in [0.717, 1.165) is 24.7 Å². The van der Waals surface area contributed by atoms with Crippen LogP contribution in [0.3, 0.4) is 0 Å². The van der Waals surface area contributed by atoms with Gasteiger partial charge in [0.25, 0.3) is 10.0 Å². The molecule has 1 N–H and O–H groups in total. The van der Waals surface area contributed by atoms with Crippen molar-refractivity contribution in [3.63, 3.8) is 0 Å². The summed E-state index contributed by atoms with van der Waals surface area (Å²) in [4.78, 5) is 14.1. The van der Waals surface area contributed by atoms with Gasteiger partial charge in [-0.25, -0.2) is 13.2 Å². The van der Waals surface area contributed by atoms with Crippen LogP contribution in [-0.2, 0) is 14.8 Å². The summed E-state index contributed by atoms with van der Waals surface area (Å²) in [5.74, 6) is 0.291. The predicted molar refractivity (Wildman–Crippen MR) is 110 cm³/mol. The smallest absolute Gasteiger partial charge is 0.338 e. The number of sulfonamides is 1. The van der Waals surface area contributed by atoms with Crippen molar-refractivity contribution in [2.75, 3.05) is 29.3 Å². The summed E-state index contributed by atoms with van der Waals surface area (Å²) < 4.78 is 32.7. The minimum absolute atomic E-state index is 0.0923. The van der Waals surface area contributed by atoms with Gasteiger partial charge in [0, 0.05) is 24.5 Å². The summed E-state index contributed by atoms with van der Waals surface area (Å²) in [5, 5.41) is 0. The molecule has 150 valence electrons. The highest BCUT2D eigenvalue weighted by atomic mass is 32.2. The predicted octanol–water partition coefficient (Wildman–Crippen LogP) is 3.90. The van der Waals surface area contributed by atoms with Gasteiger partial charge in [-0.2, -0.15) is 0 Å². The molecule has 1 saturated heterocycles. The van der Waals surface area contributed by atoms with Gasteiger partial charge in [0.15, 0.2) is 0 Å². The Balaban J connectivity index is 1.67. The van der Waals surface area contributed by atoms with Gasteiger partial charge in [-0.3, -0.25) is 4.72 Å². The fraction of sp³-hybridized carbons (Fsp3) is 0.381. The number of carbonyl (C=O) groups is 1. The van der Waals surface area contributed by atoms with Crippen molar-refractivity contribution in [1.29, 1.82) is 0 Å². The lowest BCUT2D eigenvalue weighted by molar-refractivity contribution is 0.0526. The zero-order chi connectivity index (χ0) is 20.1. The summed E-state index contributed by atoms with van der Waals surface area (Å²) in [6, 6.07) is 13.1. The molecule has 0 unspecified atom stereocenters. The molecule has 1 aliphatic heterocycles. The third-order valence-corrected chi connectivity index (χ3v) is 6.34. The van der Waals surface area contributed by atoms with Crippen molar-refractivity contribution in [2.45, 2.75) is 31.6 Å². The minimum Gasteiger partial charge on any atom is -0.462 e. The molecule has 0 amide bonds. The first kappa shape index (κ1) is 20.2. The van der Waals surface area contributed by atoms with Crippen LogP contribution in [0.1, 0.15) is 37.0 Å². The average Bonchev–Trinajstić information content (AvgIpc) is 2.69. The van der Waals surface area contributed by atoms with E-state index in [0.29, 0.717) is 11.3 Å². The van der Waals surface area contributed by atoms with Crippen LogP contribution < -0.4 is 9.62 Å². The van der Waals surface area contributed by atoms with Gasteiger partial charge in [-0.1, -0.05) is 6.92 Å². The first-order valence-corrected chi connectivity index (χ1v) is 11.0. The standard InChI is InChI=1S/C21H26N2O4S/c1-3-27-21(24)17-4-10-20(11-5-17)28(25,26)22-18-6-8-19(9-7-18)23-14-12-16(2)13-15-23/h4-11,16,22H,3,12-15H2,1-2H3. The molecule has 0 atom stereocenters. The second kappa shape index (κ2) is 8.65. The SMILES string of the molecule is CCOC(=O)c1ccc(S(=O)(=O)Nc2ccc(N3CCC(C)CC3)cc2)cc1. The van der Waals surface area contributed by atoms with E-state index in [9.17, 15) is 13.2 Å². The first-order valence-electron chi connectivity index (χ1n) is 9.54. The molecule has 0 bridgehead atoms. The molecule has 1 fully saturated rings. The van der Waals surface area contributed by atoms with Crippen LogP contribution in [0, 0.1) is 5.92 Å². The third kappa shape index (κ3) is 4.84. The molecule has 3 rings (SSSR count). The maximum Gasteiger partial charge on any atom is 0.338 e. The minimum atomic E-state index is -3.73. The summed E-state index contributed by atoms with van der Waals surface area (Å²) in [7, 11) is -3.73. The molecule has 2 aromatic carbocycles. The second-order valence-corrected chi connectivity index (χ2v) is 8.75. The quantitative estimate of drug-likeness (QED) is 0.742. The molecule has 1 heterocycles. The summed E-state index contributed by atoms with van der Waals surface area (Å²) in [6.45, 7) is 6.32. The van der Waals surface area contributed by atoms with E-state index in [1.807, 2.05) is 12.1 Å². The molecule has 0 aromatic heterocycles. The number of anilines is 2. The molecule has 28 heavy (non-hydrogen) atoms. The number of nitrogens with one attached hydrogen (secondary N) is 1. The molecule has 2 aromatic rings. The number of ether oxygens (including phenoxy) is 1. The zero-order valence-electron chi connectivity index (χ0n) is 16.2. The molecule has 0 spiro atoms. The van der Waals surface area contributed by atoms with E-state index in [1.165, 1.54) is 37.1 Å². The van der Waals surface area contributed by atoms with Crippen molar-refractivity contribution < 1.29 is 17.9 Å². The van der Waals surface area contributed by atoms with Crippen molar-refractivity contribution in [3.05, 3.63) is 54.1 Å². The normalized spacial score (nSPS) is 15.3. The Hall–Kier alpha value is -2.54. The van der Waals surface area contributed by atoms with Crippen LogP contribution in [0.5, 0.6) is 0 Å². The first-order chi connectivity index (χ1) is 13.4. The number of nitrogens with zero attached hydrogens (tertiary/aromatic N) is 1. The molecule has 7 heteroatoms. The number of rotatable bonds is 6. The van der Waals surface area contributed by atoms with Crippen molar-refractivity contribution in [3.8, 4) is 0 Å². The Morgan fingerprint density at radius 1 is 1.07 bits per heavy atom. The largest absolute Gasteiger partial charge is 0.462 e. The lowest BCUT2D eigenvalue weighted by atomic mass is 9.99. The highest BCUT2D eigenvalue weighted by Crippen LogP contribution is 2.25. The molecule has 1 aliphatic rings. The Labute approximate surface area is 166 Å². The highest BCUT2D eigenvalue weighted by molar-refractivity contribution is 7.92. The van der Waals surface area contributed by atoms with Crippen LogP contribution in [0.4, 0.5) is 11.4 Å². The zero-order valence-corrected chi connectivity index (χ0v) is 17.0. The number of carbonyl (C=O) groups excluding carboxylic acids is 1. The Bertz CT molecular complexity index is 900. The maximum absolute atomic E-state index is 12.6. The van der Waals surface area contributed by atoms with Crippen molar-refractivity contribution in [1.82, 2.24) is 0 Å². The number of hydrogen-bond donors (Lipinski definition) is 1. The summed E-state index contributed by atoms with van der Waals surface area (Å²) in [6.07, 6.45) is 2.35. The van der Waals surface area contributed by atoms with Gasteiger partial charge < -0.3 is 9.64 Å². The van der Waals surface area contributed by atoms with E-state index < -0.39 is 16.0 Å². The van der Waals surface area contributed by atoms with Crippen molar-refractivity contribution in [2.24, 2.45) is 5.92 Å². The van der Waals surface area contributed by atoms with Gasteiger partial charge in [-0.05, 0) is 74.2 Å². The van der Waals surface area contributed by atoms with Gasteiger partial charge in [-0.15, -0.1) is 0 Å². The van der Waals surface area contributed by atoms with Gasteiger partial charge in [0.2, 0.25) is 0 Å². The third-order valence-electron chi connectivity index (χ3n) is 4.94. The lowest BCUT2D eigenvalue weighted by Gasteiger charge is -2.32. The summed E-state index contributed by atoms with van der Waals surface area (Å²) >= 11 is 0. The molecular weight excluding hydrogens is 376 g/mol. The Morgan fingerprint density at radius 3 is 2.25 bits per heavy atom. The summed E-state index contributed by atoms with van der Waals surface area (Å²) in [5.41, 5.74) is 1.93. The molecule has 6 nitrogen and oxygen atoms in total. The fourth-order valence-electron chi connectivity index (χ4n) is 3.21. The highest BCUT2D eigenvalue weighted by Gasteiger charge is 2.18. The molecular formula is C21H26N2O4S. The van der Waals surface area contributed by atoms with Gasteiger partial charge >= 0.3 is 5.97 Å². The topological polar surface area (TPSA) is 75.7 Å². The van der Waals surface area contributed by atoms with E-state index in [-0.39, 0.29) is 11.5 Å². The fourth-order valence-corrected chi connectivity index (χ4v) is 4.26. The van der Waals surface area contributed by atoms with E-state index in [2.05, 4.69) is 16.5 Å². The Morgan fingerprint density at radius 2 is 1.68 bits per heavy atom. The second-order valence-electron chi connectivity index (χ2n) is 7.07.